The Hall–Kier alpha value is -2.68. The fourth-order valence-electron chi connectivity index (χ4n) is 4.04. The van der Waals surface area contributed by atoms with Gasteiger partial charge in [-0.25, -0.2) is 12.8 Å². The molecule has 0 radical (unpaired) electrons. The van der Waals surface area contributed by atoms with E-state index in [9.17, 15) is 40.8 Å². The van der Waals surface area contributed by atoms with Crippen molar-refractivity contribution in [2.75, 3.05) is 6.54 Å². The zero-order chi connectivity index (χ0) is 23.5. The lowest BCUT2D eigenvalue weighted by Crippen LogP contribution is -2.53. The maximum Gasteiger partial charge on any atom is 0.403 e. The Balaban J connectivity index is 1.65. The normalized spacial score (nSPS) is 25.7. The molecule has 1 heterocycles. The van der Waals surface area contributed by atoms with Crippen molar-refractivity contribution in [1.82, 2.24) is 10.2 Å². The summed E-state index contributed by atoms with van der Waals surface area (Å²) in [5, 5.41) is 10.3. The summed E-state index contributed by atoms with van der Waals surface area (Å²) >= 11 is 0. The molecule has 0 bridgehead atoms. The number of carbonyl (C=O) groups is 2. The molecule has 0 spiro atoms. The number of amides is 2. The molecule has 2 amide bonds. The van der Waals surface area contributed by atoms with E-state index in [1.54, 1.807) is 0 Å². The summed E-state index contributed by atoms with van der Waals surface area (Å²) in [6.45, 7) is -0.603. The number of nitrogens with one attached hydrogen (secondary N) is 1. The van der Waals surface area contributed by atoms with E-state index in [4.69, 9.17) is 0 Å². The summed E-state index contributed by atoms with van der Waals surface area (Å²) in [4.78, 5) is 26.2. The minimum Gasteiger partial charge on any atom is -0.336 e. The summed E-state index contributed by atoms with van der Waals surface area (Å²) in [5.41, 5.74) is -3.76. The highest BCUT2D eigenvalue weighted by atomic mass is 32.2. The van der Waals surface area contributed by atoms with Gasteiger partial charge in [0.25, 0.3) is 0 Å². The van der Waals surface area contributed by atoms with Crippen molar-refractivity contribution in [3.05, 3.63) is 30.1 Å². The number of nitrogens with zero attached hydrogens (tertiary/aromatic N) is 2. The van der Waals surface area contributed by atoms with Gasteiger partial charge in [0.2, 0.25) is 11.8 Å². The minimum absolute atomic E-state index is 0.259. The van der Waals surface area contributed by atoms with Gasteiger partial charge in [0.1, 0.15) is 22.8 Å². The van der Waals surface area contributed by atoms with Crippen molar-refractivity contribution in [1.29, 1.82) is 5.26 Å². The monoisotopic (exact) mass is 473 g/mol. The van der Waals surface area contributed by atoms with Crippen molar-refractivity contribution in [2.24, 2.45) is 5.41 Å². The molecular formula is C20H19F4N3O4S. The Morgan fingerprint density at radius 1 is 1.12 bits per heavy atom. The van der Waals surface area contributed by atoms with Crippen LogP contribution in [0.15, 0.2) is 29.2 Å². The number of rotatable bonds is 5. The van der Waals surface area contributed by atoms with Crippen molar-refractivity contribution < 1.29 is 35.6 Å². The molecule has 3 fully saturated rings. The Morgan fingerprint density at radius 3 is 2.19 bits per heavy atom. The molecule has 2 aliphatic carbocycles. The van der Waals surface area contributed by atoms with Gasteiger partial charge in [-0.2, -0.15) is 18.4 Å². The average molecular weight is 473 g/mol. The van der Waals surface area contributed by atoms with Crippen LogP contribution in [0, 0.1) is 22.6 Å². The van der Waals surface area contributed by atoms with Crippen LogP contribution in [0.3, 0.4) is 0 Å². The van der Waals surface area contributed by atoms with Crippen LogP contribution in [0.2, 0.25) is 0 Å². The first-order valence-corrected chi connectivity index (χ1v) is 11.5. The molecule has 4 rings (SSSR count). The molecule has 1 aromatic rings. The number of benzene rings is 1. The van der Waals surface area contributed by atoms with Crippen molar-refractivity contribution >= 4 is 21.7 Å². The van der Waals surface area contributed by atoms with Gasteiger partial charge in [0, 0.05) is 6.54 Å². The van der Waals surface area contributed by atoms with Gasteiger partial charge >= 0.3 is 6.18 Å². The lowest BCUT2D eigenvalue weighted by Gasteiger charge is -2.29. The number of hydrogen-bond donors (Lipinski definition) is 1. The largest absolute Gasteiger partial charge is 0.403 e. The Kier molecular flexibility index (Phi) is 5.04. The maximum atomic E-state index is 13.6. The number of carbonyl (C=O) groups excluding carboxylic acids is 2. The van der Waals surface area contributed by atoms with E-state index >= 15 is 0 Å². The van der Waals surface area contributed by atoms with Gasteiger partial charge in [-0.1, -0.05) is 0 Å². The van der Waals surface area contributed by atoms with Crippen molar-refractivity contribution in [2.45, 2.75) is 60.0 Å². The number of halogens is 4. The van der Waals surface area contributed by atoms with Crippen LogP contribution in [0.5, 0.6) is 0 Å². The van der Waals surface area contributed by atoms with E-state index in [2.05, 4.69) is 5.32 Å². The third kappa shape index (κ3) is 3.62. The Bertz CT molecular complexity index is 1100. The molecule has 1 N–H and O–H groups in total. The predicted molar refractivity (Wildman–Crippen MR) is 101 cm³/mol. The Labute approximate surface area is 181 Å². The lowest BCUT2D eigenvalue weighted by atomic mass is 10.0. The van der Waals surface area contributed by atoms with Crippen LogP contribution in [-0.4, -0.2) is 54.7 Å². The molecule has 0 aromatic heterocycles. The van der Waals surface area contributed by atoms with Crippen LogP contribution in [0.4, 0.5) is 17.6 Å². The molecule has 172 valence electrons. The first-order valence-electron chi connectivity index (χ1n) is 9.96. The molecule has 2 saturated carbocycles. The van der Waals surface area contributed by atoms with Gasteiger partial charge in [-0.3, -0.25) is 9.59 Å². The topological polar surface area (TPSA) is 107 Å². The van der Waals surface area contributed by atoms with E-state index in [1.165, 1.54) is 0 Å². The number of likely N-dealkylation sites (tertiary alicyclic amines) is 1. The van der Waals surface area contributed by atoms with Crippen molar-refractivity contribution in [3.8, 4) is 6.07 Å². The summed E-state index contributed by atoms with van der Waals surface area (Å²) in [5.74, 6) is -2.85. The van der Waals surface area contributed by atoms with Gasteiger partial charge < -0.3 is 10.2 Å². The summed E-state index contributed by atoms with van der Waals surface area (Å²) in [7, 11) is -4.17. The zero-order valence-electron chi connectivity index (χ0n) is 16.7. The van der Waals surface area contributed by atoms with E-state index in [-0.39, 0.29) is 4.90 Å². The van der Waals surface area contributed by atoms with Crippen LogP contribution in [0.1, 0.15) is 32.1 Å². The van der Waals surface area contributed by atoms with E-state index in [0.29, 0.717) is 17.7 Å². The first-order chi connectivity index (χ1) is 14.9. The standard InChI is InChI=1S/C20H19F4N3O4S/c21-12-1-3-13(4-2-12)32(30,31)14-9-15(16(28)26-18(11-25)5-6-18)27(10-14)17(29)19(7-8-19)20(22,23)24/h1-4,14-15H,5-10H2,(H,26,28). The van der Waals surface area contributed by atoms with E-state index < -0.39 is 81.7 Å². The molecule has 2 atom stereocenters. The number of hydrogen-bond acceptors (Lipinski definition) is 5. The summed E-state index contributed by atoms with van der Waals surface area (Å²) in [6, 6.07) is 4.37. The van der Waals surface area contributed by atoms with Crippen LogP contribution < -0.4 is 5.32 Å². The fourth-order valence-corrected chi connectivity index (χ4v) is 5.73. The number of alkyl halides is 3. The summed E-state index contributed by atoms with van der Waals surface area (Å²) < 4.78 is 79.9. The second kappa shape index (κ2) is 7.16. The quantitative estimate of drug-likeness (QED) is 0.521. The molecule has 1 aromatic carbocycles. The molecule has 1 saturated heterocycles. The highest BCUT2D eigenvalue weighted by Gasteiger charge is 2.70. The van der Waals surface area contributed by atoms with E-state index in [1.807, 2.05) is 6.07 Å². The first kappa shape index (κ1) is 22.5. The summed E-state index contributed by atoms with van der Waals surface area (Å²) in [6.07, 6.45) is -5.40. The predicted octanol–water partition coefficient (Wildman–Crippen LogP) is 2.08. The van der Waals surface area contributed by atoms with Gasteiger partial charge in [-0.05, 0) is 56.4 Å². The second-order valence-corrected chi connectivity index (χ2v) is 10.8. The minimum atomic E-state index is -4.83. The smallest absolute Gasteiger partial charge is 0.336 e. The Morgan fingerprint density at radius 2 is 1.72 bits per heavy atom. The SMILES string of the molecule is N#CC1(NC(=O)C2CC(S(=O)(=O)c3ccc(F)cc3)CN2C(=O)C2(C(F)(F)F)CC2)CC1. The maximum absolute atomic E-state index is 13.6. The molecule has 1 aliphatic heterocycles. The number of nitriles is 1. The fraction of sp³-hybridized carbons (Fsp3) is 0.550. The molecule has 32 heavy (non-hydrogen) atoms. The van der Waals surface area contributed by atoms with Crippen LogP contribution >= 0.6 is 0 Å². The van der Waals surface area contributed by atoms with Gasteiger partial charge in [0.15, 0.2) is 9.84 Å². The molecule has 3 aliphatic rings. The zero-order valence-corrected chi connectivity index (χ0v) is 17.5. The highest BCUT2D eigenvalue weighted by molar-refractivity contribution is 7.92. The lowest BCUT2D eigenvalue weighted by molar-refractivity contribution is -0.199. The molecular weight excluding hydrogens is 454 g/mol. The average Bonchev–Trinajstić information content (AvgIpc) is 3.64. The molecule has 2 unspecified atom stereocenters. The number of sulfone groups is 1. The van der Waals surface area contributed by atoms with E-state index in [0.717, 1.165) is 24.3 Å². The van der Waals surface area contributed by atoms with Gasteiger partial charge in [-0.15, -0.1) is 0 Å². The molecule has 12 heteroatoms. The third-order valence-electron chi connectivity index (χ3n) is 6.44. The van der Waals surface area contributed by atoms with Crippen LogP contribution in [-0.2, 0) is 19.4 Å². The second-order valence-electron chi connectivity index (χ2n) is 8.59. The van der Waals surface area contributed by atoms with Crippen LogP contribution in [0.25, 0.3) is 0 Å². The van der Waals surface area contributed by atoms with Gasteiger partial charge in [0.05, 0.1) is 16.2 Å². The van der Waals surface area contributed by atoms with Crippen molar-refractivity contribution in [3.63, 3.8) is 0 Å². The third-order valence-corrected chi connectivity index (χ3v) is 8.58. The highest BCUT2D eigenvalue weighted by Crippen LogP contribution is 2.59. The molecule has 7 nitrogen and oxygen atoms in total.